The molecule has 1 aromatic heterocycles. The average Bonchev–Trinajstić information content (AvgIpc) is 3.59. The van der Waals surface area contributed by atoms with Crippen molar-refractivity contribution in [3.05, 3.63) is 47.7 Å². The van der Waals surface area contributed by atoms with Crippen LogP contribution in [-0.4, -0.2) is 56.9 Å². The Balaban J connectivity index is 1.36. The van der Waals surface area contributed by atoms with E-state index in [4.69, 9.17) is 4.98 Å². The molecular weight excluding hydrogens is 388 g/mol. The number of benzene rings is 1. The molecule has 3 N–H and O–H groups in total. The third-order valence-electron chi connectivity index (χ3n) is 5.22. The average molecular weight is 417 g/mol. The summed E-state index contributed by atoms with van der Waals surface area (Å²) in [6, 6.07) is 9.52. The monoisotopic (exact) mass is 416 g/mol. The number of anilines is 2. The summed E-state index contributed by atoms with van der Waals surface area (Å²) in [6.45, 7) is 4.20. The number of nitrogens with zero attached hydrogens (tertiary/aromatic N) is 3. The fourth-order valence-corrected chi connectivity index (χ4v) is 4.30. The molecule has 0 unspecified atom stereocenters. The van der Waals surface area contributed by atoms with Crippen molar-refractivity contribution in [2.45, 2.75) is 25.3 Å². The molecule has 0 bridgehead atoms. The van der Waals surface area contributed by atoms with Gasteiger partial charge in [0.2, 0.25) is 16.0 Å². The Morgan fingerprint density at radius 1 is 1.14 bits per heavy atom. The molecule has 2 aliphatic rings. The Kier molecular flexibility index (Phi) is 6.27. The maximum Gasteiger partial charge on any atom is 0.227 e. The van der Waals surface area contributed by atoms with E-state index in [-0.39, 0.29) is 5.75 Å². The first-order valence-corrected chi connectivity index (χ1v) is 11.8. The predicted octanol–water partition coefficient (Wildman–Crippen LogP) is 1.30. The number of hydrogen-bond donors (Lipinski definition) is 3. The largest absolute Gasteiger partial charge is 0.369 e. The molecule has 156 valence electrons. The minimum atomic E-state index is -3.37. The first-order valence-electron chi connectivity index (χ1n) is 10.2. The van der Waals surface area contributed by atoms with Gasteiger partial charge >= 0.3 is 0 Å². The molecule has 9 heteroatoms. The van der Waals surface area contributed by atoms with Gasteiger partial charge in [-0.1, -0.05) is 30.3 Å². The third-order valence-corrected chi connectivity index (χ3v) is 6.55. The Morgan fingerprint density at radius 3 is 2.62 bits per heavy atom. The lowest BCUT2D eigenvalue weighted by Gasteiger charge is -2.28. The first-order chi connectivity index (χ1) is 14.1. The first kappa shape index (κ1) is 20.1. The van der Waals surface area contributed by atoms with Gasteiger partial charge in [0.05, 0.1) is 5.75 Å². The minimum absolute atomic E-state index is 0.00306. The standard InChI is InChI=1S/C20H28N6O2S/c27-29(28,24-14-16-4-2-1-3-5-16)13-10-22-19-18(17-6-7-17)15-23-20(25-19)26-11-8-21-9-12-26/h1-5,15,17,21,24H,6-14H2,(H,22,23,25). The van der Waals surface area contributed by atoms with Gasteiger partial charge in [-0.2, -0.15) is 4.98 Å². The van der Waals surface area contributed by atoms with Crippen molar-refractivity contribution in [3.8, 4) is 0 Å². The summed E-state index contributed by atoms with van der Waals surface area (Å²) in [7, 11) is -3.37. The van der Waals surface area contributed by atoms with E-state index in [0.29, 0.717) is 25.0 Å². The fourth-order valence-electron chi connectivity index (χ4n) is 3.40. The Hall–Kier alpha value is -2.23. The quantitative estimate of drug-likeness (QED) is 0.567. The van der Waals surface area contributed by atoms with Gasteiger partial charge in [0, 0.05) is 51.0 Å². The highest BCUT2D eigenvalue weighted by Gasteiger charge is 2.28. The van der Waals surface area contributed by atoms with Crippen molar-refractivity contribution >= 4 is 21.8 Å². The van der Waals surface area contributed by atoms with E-state index >= 15 is 0 Å². The van der Waals surface area contributed by atoms with Crippen molar-refractivity contribution in [2.75, 3.05) is 48.7 Å². The molecule has 1 saturated heterocycles. The summed E-state index contributed by atoms with van der Waals surface area (Å²) in [4.78, 5) is 11.5. The Morgan fingerprint density at radius 2 is 1.90 bits per heavy atom. The number of rotatable bonds is 9. The predicted molar refractivity (Wildman–Crippen MR) is 115 cm³/mol. The zero-order valence-electron chi connectivity index (χ0n) is 16.5. The molecule has 2 heterocycles. The van der Waals surface area contributed by atoms with Gasteiger partial charge in [-0.05, 0) is 24.3 Å². The summed E-state index contributed by atoms with van der Waals surface area (Å²) < 4.78 is 27.3. The molecular formula is C20H28N6O2S. The van der Waals surface area contributed by atoms with Crippen LogP contribution in [-0.2, 0) is 16.6 Å². The number of piperazine rings is 1. The van der Waals surface area contributed by atoms with E-state index < -0.39 is 10.0 Å². The lowest BCUT2D eigenvalue weighted by Crippen LogP contribution is -2.44. The smallest absolute Gasteiger partial charge is 0.227 e. The Labute approximate surface area is 172 Å². The summed E-state index contributed by atoms with van der Waals surface area (Å²) in [6.07, 6.45) is 4.19. The molecule has 29 heavy (non-hydrogen) atoms. The van der Waals surface area contributed by atoms with Crippen molar-refractivity contribution in [3.63, 3.8) is 0 Å². The topological polar surface area (TPSA) is 99.2 Å². The van der Waals surface area contributed by atoms with Gasteiger partial charge in [0.25, 0.3) is 0 Å². The van der Waals surface area contributed by atoms with Crippen molar-refractivity contribution < 1.29 is 8.42 Å². The van der Waals surface area contributed by atoms with E-state index in [1.165, 1.54) is 0 Å². The number of nitrogens with one attached hydrogen (secondary N) is 3. The number of hydrogen-bond acceptors (Lipinski definition) is 7. The third kappa shape index (κ3) is 5.65. The van der Waals surface area contributed by atoms with Gasteiger partial charge in [-0.25, -0.2) is 18.1 Å². The van der Waals surface area contributed by atoms with Crippen LogP contribution in [0.2, 0.25) is 0 Å². The second-order valence-electron chi connectivity index (χ2n) is 7.54. The van der Waals surface area contributed by atoms with Crippen molar-refractivity contribution in [1.29, 1.82) is 0 Å². The summed E-state index contributed by atoms with van der Waals surface area (Å²) in [5.74, 6) is 1.97. The Bertz CT molecular complexity index is 912. The molecule has 1 aliphatic carbocycles. The number of sulfonamides is 1. The lowest BCUT2D eigenvalue weighted by molar-refractivity contribution is 0.579. The molecule has 1 aliphatic heterocycles. The highest BCUT2D eigenvalue weighted by Crippen LogP contribution is 2.42. The minimum Gasteiger partial charge on any atom is -0.369 e. The van der Waals surface area contributed by atoms with E-state index in [1.807, 2.05) is 36.5 Å². The highest BCUT2D eigenvalue weighted by molar-refractivity contribution is 7.89. The zero-order chi connectivity index (χ0) is 20.1. The van der Waals surface area contributed by atoms with Crippen molar-refractivity contribution in [1.82, 2.24) is 20.0 Å². The van der Waals surface area contributed by atoms with Crippen LogP contribution < -0.4 is 20.3 Å². The summed E-state index contributed by atoms with van der Waals surface area (Å²) in [5.41, 5.74) is 2.04. The van der Waals surface area contributed by atoms with E-state index in [9.17, 15) is 8.42 Å². The molecule has 0 amide bonds. The van der Waals surface area contributed by atoms with Crippen LogP contribution in [0, 0.1) is 0 Å². The maximum absolute atomic E-state index is 12.3. The highest BCUT2D eigenvalue weighted by atomic mass is 32.2. The summed E-state index contributed by atoms with van der Waals surface area (Å²) >= 11 is 0. The molecule has 2 fully saturated rings. The normalized spacial score (nSPS) is 17.3. The van der Waals surface area contributed by atoms with Crippen LogP contribution in [0.15, 0.2) is 36.5 Å². The molecule has 1 aromatic carbocycles. The second-order valence-corrected chi connectivity index (χ2v) is 9.46. The van der Waals surface area contributed by atoms with Gasteiger partial charge in [-0.15, -0.1) is 0 Å². The fraction of sp³-hybridized carbons (Fsp3) is 0.500. The molecule has 0 radical (unpaired) electrons. The van der Waals surface area contributed by atoms with Gasteiger partial charge in [0.15, 0.2) is 0 Å². The van der Waals surface area contributed by atoms with Crippen LogP contribution in [0.4, 0.5) is 11.8 Å². The maximum atomic E-state index is 12.3. The van der Waals surface area contributed by atoms with Crippen LogP contribution in [0.3, 0.4) is 0 Å². The SMILES string of the molecule is O=S(=O)(CCNc1nc(N2CCNCC2)ncc1C1CC1)NCc1ccccc1. The van der Waals surface area contributed by atoms with Crippen LogP contribution in [0.5, 0.6) is 0 Å². The van der Waals surface area contributed by atoms with Gasteiger partial charge in [0.1, 0.15) is 5.82 Å². The van der Waals surface area contributed by atoms with E-state index in [0.717, 1.165) is 56.0 Å². The van der Waals surface area contributed by atoms with Crippen LogP contribution >= 0.6 is 0 Å². The van der Waals surface area contributed by atoms with E-state index in [1.54, 1.807) is 0 Å². The van der Waals surface area contributed by atoms with Crippen LogP contribution in [0.25, 0.3) is 0 Å². The molecule has 8 nitrogen and oxygen atoms in total. The molecule has 1 saturated carbocycles. The van der Waals surface area contributed by atoms with Crippen LogP contribution in [0.1, 0.15) is 29.9 Å². The van der Waals surface area contributed by atoms with Crippen molar-refractivity contribution in [2.24, 2.45) is 0 Å². The lowest BCUT2D eigenvalue weighted by atomic mass is 10.2. The van der Waals surface area contributed by atoms with Gasteiger partial charge in [-0.3, -0.25) is 0 Å². The summed E-state index contributed by atoms with van der Waals surface area (Å²) in [5, 5.41) is 6.58. The number of aromatic nitrogens is 2. The van der Waals surface area contributed by atoms with E-state index in [2.05, 4.69) is 25.2 Å². The molecule has 0 spiro atoms. The second kappa shape index (κ2) is 9.06. The molecule has 0 atom stereocenters. The van der Waals surface area contributed by atoms with Gasteiger partial charge < -0.3 is 15.5 Å². The molecule has 2 aromatic rings. The zero-order valence-corrected chi connectivity index (χ0v) is 17.3. The molecule has 4 rings (SSSR count).